The molecule has 0 amide bonds. The Kier molecular flexibility index (Phi) is 5.76. The smallest absolute Gasteiger partial charge is 0.129 e. The van der Waals surface area contributed by atoms with Crippen LogP contribution in [-0.4, -0.2) is 23.8 Å². The zero-order valence-electron chi connectivity index (χ0n) is 8.02. The van der Waals surface area contributed by atoms with Crippen LogP contribution in [0.2, 0.25) is 0 Å². The van der Waals surface area contributed by atoms with Gasteiger partial charge in [-0.1, -0.05) is 15.9 Å². The third kappa shape index (κ3) is 4.88. The summed E-state index contributed by atoms with van der Waals surface area (Å²) in [6.45, 7) is 3.67. The zero-order valence-corrected chi connectivity index (χ0v) is 9.61. The van der Waals surface area contributed by atoms with Gasteiger partial charge in [0.15, 0.2) is 0 Å². The predicted molar refractivity (Wildman–Crippen MR) is 53.7 cm³/mol. The van der Waals surface area contributed by atoms with E-state index in [9.17, 15) is 4.79 Å². The molecule has 0 bridgehead atoms. The fourth-order valence-corrected chi connectivity index (χ4v) is 1.44. The molecule has 0 aliphatic carbocycles. The highest BCUT2D eigenvalue weighted by atomic mass is 79.9. The summed E-state index contributed by atoms with van der Waals surface area (Å²) in [5.41, 5.74) is -0.116. The van der Waals surface area contributed by atoms with Crippen molar-refractivity contribution >= 4 is 21.7 Å². The molecule has 0 radical (unpaired) electrons. The van der Waals surface area contributed by atoms with Crippen LogP contribution in [0.3, 0.4) is 0 Å². The largest absolute Gasteiger partial charge is 0.378 e. The fourth-order valence-electron chi connectivity index (χ4n) is 0.935. The highest BCUT2D eigenvalue weighted by Gasteiger charge is 2.21. The molecule has 0 N–H and O–H groups in total. The van der Waals surface area contributed by atoms with Crippen LogP contribution in [0.5, 0.6) is 0 Å². The molecule has 0 aromatic rings. The molecule has 0 aromatic carbocycles. The summed E-state index contributed by atoms with van der Waals surface area (Å²) in [4.78, 5) is 10.7. The summed E-state index contributed by atoms with van der Waals surface area (Å²) >= 11 is 3.39. The first kappa shape index (κ1) is 12.1. The van der Waals surface area contributed by atoms with E-state index < -0.39 is 0 Å². The molecule has 0 aliphatic rings. The van der Waals surface area contributed by atoms with E-state index in [1.165, 1.54) is 0 Å². The maximum Gasteiger partial charge on any atom is 0.129 e. The fraction of sp³-hybridized carbons (Fsp3) is 0.889. The van der Waals surface area contributed by atoms with Gasteiger partial charge < -0.3 is 9.53 Å². The lowest BCUT2D eigenvalue weighted by Crippen LogP contribution is -2.29. The molecule has 0 saturated heterocycles. The molecular formula is C9H17BrO2. The SMILES string of the molecule is COC(C)(CBr)CCCC(C)=O. The van der Waals surface area contributed by atoms with Crippen molar-refractivity contribution in [3.8, 4) is 0 Å². The molecule has 72 valence electrons. The standard InChI is InChI=1S/C9H17BrO2/c1-8(11)5-4-6-9(2,7-10)12-3/h4-7H2,1-3H3. The summed E-state index contributed by atoms with van der Waals surface area (Å²) in [5, 5.41) is 0.814. The van der Waals surface area contributed by atoms with Gasteiger partial charge >= 0.3 is 0 Å². The third-order valence-electron chi connectivity index (χ3n) is 2.01. The number of carbonyl (C=O) groups is 1. The van der Waals surface area contributed by atoms with Gasteiger partial charge in [0.2, 0.25) is 0 Å². The van der Waals surface area contributed by atoms with Crippen molar-refractivity contribution < 1.29 is 9.53 Å². The second-order valence-electron chi connectivity index (χ2n) is 3.34. The van der Waals surface area contributed by atoms with E-state index in [2.05, 4.69) is 15.9 Å². The molecule has 1 unspecified atom stereocenters. The zero-order chi connectivity index (χ0) is 9.61. The highest BCUT2D eigenvalue weighted by molar-refractivity contribution is 9.09. The molecule has 3 heteroatoms. The third-order valence-corrected chi connectivity index (χ3v) is 3.20. The lowest BCUT2D eigenvalue weighted by Gasteiger charge is -2.25. The van der Waals surface area contributed by atoms with Crippen molar-refractivity contribution in [2.24, 2.45) is 0 Å². The number of hydrogen-bond acceptors (Lipinski definition) is 2. The van der Waals surface area contributed by atoms with Crippen LogP contribution in [0.4, 0.5) is 0 Å². The Bertz CT molecular complexity index is 141. The topological polar surface area (TPSA) is 26.3 Å². The predicted octanol–water partition coefficient (Wildman–Crippen LogP) is 2.55. The number of Topliss-reactive ketones (excluding diaryl/α,β-unsaturated/α-hetero) is 1. The van der Waals surface area contributed by atoms with Gasteiger partial charge in [0.25, 0.3) is 0 Å². The summed E-state index contributed by atoms with van der Waals surface area (Å²) in [6, 6.07) is 0. The molecule has 0 heterocycles. The van der Waals surface area contributed by atoms with E-state index in [0.29, 0.717) is 6.42 Å². The number of alkyl halides is 1. The molecule has 2 nitrogen and oxygen atoms in total. The van der Waals surface area contributed by atoms with Crippen LogP contribution in [-0.2, 0) is 9.53 Å². The number of ether oxygens (including phenoxy) is 1. The second kappa shape index (κ2) is 5.70. The molecule has 0 saturated carbocycles. The van der Waals surface area contributed by atoms with Gasteiger partial charge in [-0.05, 0) is 26.7 Å². The maximum absolute atomic E-state index is 10.7. The van der Waals surface area contributed by atoms with Crippen LogP contribution >= 0.6 is 15.9 Å². The van der Waals surface area contributed by atoms with E-state index in [1.807, 2.05) is 6.92 Å². The first-order valence-electron chi connectivity index (χ1n) is 4.14. The Labute approximate surface area is 82.8 Å². The molecular weight excluding hydrogens is 220 g/mol. The van der Waals surface area contributed by atoms with E-state index in [0.717, 1.165) is 18.2 Å². The summed E-state index contributed by atoms with van der Waals surface area (Å²) < 4.78 is 5.31. The lowest BCUT2D eigenvalue weighted by molar-refractivity contribution is -0.117. The van der Waals surface area contributed by atoms with E-state index >= 15 is 0 Å². The highest BCUT2D eigenvalue weighted by Crippen LogP contribution is 2.20. The molecule has 1 atom stereocenters. The average Bonchev–Trinajstić information content (AvgIpc) is 2.03. The van der Waals surface area contributed by atoms with Crippen LogP contribution in [0.1, 0.15) is 33.1 Å². The Morgan fingerprint density at radius 2 is 2.17 bits per heavy atom. The van der Waals surface area contributed by atoms with Crippen molar-refractivity contribution in [1.82, 2.24) is 0 Å². The van der Waals surface area contributed by atoms with Crippen molar-refractivity contribution in [1.29, 1.82) is 0 Å². The average molecular weight is 237 g/mol. The van der Waals surface area contributed by atoms with Gasteiger partial charge in [-0.2, -0.15) is 0 Å². The van der Waals surface area contributed by atoms with E-state index in [1.54, 1.807) is 14.0 Å². The maximum atomic E-state index is 10.7. The van der Waals surface area contributed by atoms with Gasteiger partial charge in [0.1, 0.15) is 5.78 Å². The number of carbonyl (C=O) groups excluding carboxylic acids is 1. The normalized spacial score (nSPS) is 15.7. The van der Waals surface area contributed by atoms with Crippen LogP contribution in [0.25, 0.3) is 0 Å². The molecule has 0 aromatic heterocycles. The molecule has 0 spiro atoms. The first-order chi connectivity index (χ1) is 5.54. The van der Waals surface area contributed by atoms with Crippen LogP contribution in [0.15, 0.2) is 0 Å². The number of halogens is 1. The molecule has 0 aliphatic heterocycles. The van der Waals surface area contributed by atoms with Crippen molar-refractivity contribution in [3.63, 3.8) is 0 Å². The van der Waals surface area contributed by atoms with Crippen molar-refractivity contribution in [2.45, 2.75) is 38.7 Å². The van der Waals surface area contributed by atoms with Crippen LogP contribution < -0.4 is 0 Å². The van der Waals surface area contributed by atoms with E-state index in [4.69, 9.17) is 4.74 Å². The Morgan fingerprint density at radius 3 is 2.50 bits per heavy atom. The number of rotatable bonds is 6. The molecule has 12 heavy (non-hydrogen) atoms. The number of hydrogen-bond donors (Lipinski definition) is 0. The summed E-state index contributed by atoms with van der Waals surface area (Å²) in [7, 11) is 1.70. The summed E-state index contributed by atoms with van der Waals surface area (Å²) in [6.07, 6.45) is 2.49. The van der Waals surface area contributed by atoms with Crippen molar-refractivity contribution in [3.05, 3.63) is 0 Å². The molecule has 0 fully saturated rings. The quantitative estimate of drug-likeness (QED) is 0.663. The van der Waals surface area contributed by atoms with Gasteiger partial charge in [-0.3, -0.25) is 0 Å². The Morgan fingerprint density at radius 1 is 1.58 bits per heavy atom. The number of ketones is 1. The van der Waals surface area contributed by atoms with Gasteiger partial charge in [0, 0.05) is 18.9 Å². The Balaban J connectivity index is 3.65. The monoisotopic (exact) mass is 236 g/mol. The second-order valence-corrected chi connectivity index (χ2v) is 3.90. The van der Waals surface area contributed by atoms with Gasteiger partial charge in [0.05, 0.1) is 5.60 Å². The minimum Gasteiger partial charge on any atom is -0.378 e. The van der Waals surface area contributed by atoms with Crippen LogP contribution in [0, 0.1) is 0 Å². The molecule has 0 rings (SSSR count). The summed E-state index contributed by atoms with van der Waals surface area (Å²) in [5.74, 6) is 0.253. The minimum absolute atomic E-state index is 0.116. The van der Waals surface area contributed by atoms with Crippen molar-refractivity contribution in [2.75, 3.05) is 12.4 Å². The first-order valence-corrected chi connectivity index (χ1v) is 5.27. The van der Waals surface area contributed by atoms with Gasteiger partial charge in [-0.25, -0.2) is 0 Å². The Hall–Kier alpha value is 0.110. The lowest BCUT2D eigenvalue weighted by atomic mass is 10.0. The number of methoxy groups -OCH3 is 1. The van der Waals surface area contributed by atoms with Gasteiger partial charge in [-0.15, -0.1) is 0 Å². The van der Waals surface area contributed by atoms with E-state index in [-0.39, 0.29) is 11.4 Å². The minimum atomic E-state index is -0.116.